The summed E-state index contributed by atoms with van der Waals surface area (Å²) in [7, 11) is 0. The third-order valence-corrected chi connectivity index (χ3v) is 3.11. The Bertz CT molecular complexity index is 651. The Morgan fingerprint density at radius 3 is 2.79 bits per heavy atom. The first-order valence-electron chi connectivity index (χ1n) is 5.84. The summed E-state index contributed by atoms with van der Waals surface area (Å²) in [6.45, 7) is 3.76. The van der Waals surface area contributed by atoms with Crippen molar-refractivity contribution in [2.24, 2.45) is 0 Å². The molecule has 0 spiro atoms. The Hall–Kier alpha value is -2.61. The van der Waals surface area contributed by atoms with Gasteiger partial charge in [-0.3, -0.25) is 10.1 Å². The lowest BCUT2D eigenvalue weighted by atomic mass is 9.96. The van der Waals surface area contributed by atoms with Crippen LogP contribution in [0.2, 0.25) is 0 Å². The minimum Gasteiger partial charge on any atom is -0.358 e. The molecule has 0 aliphatic carbocycles. The maximum Gasteiger partial charge on any atom is 0.270 e. The molecule has 0 radical (unpaired) electrons. The van der Waals surface area contributed by atoms with Gasteiger partial charge in [0.05, 0.1) is 16.6 Å². The summed E-state index contributed by atoms with van der Waals surface area (Å²) < 4.78 is 0. The average Bonchev–Trinajstić information content (AvgIpc) is 2.41. The van der Waals surface area contributed by atoms with E-state index >= 15 is 0 Å². The lowest BCUT2D eigenvalue weighted by Gasteiger charge is -2.21. The number of non-ortho nitro benzene ring substituents is 1. The van der Waals surface area contributed by atoms with E-state index in [1.807, 2.05) is 19.9 Å². The summed E-state index contributed by atoms with van der Waals surface area (Å²) in [5, 5.41) is 23.0. The van der Waals surface area contributed by atoms with Crippen LogP contribution in [0.5, 0.6) is 0 Å². The lowest BCUT2D eigenvalue weighted by Crippen LogP contribution is -2.18. The summed E-state index contributed by atoms with van der Waals surface area (Å²) in [5.41, 5.74) is 4.18. The van der Waals surface area contributed by atoms with Crippen molar-refractivity contribution in [1.29, 1.82) is 5.26 Å². The van der Waals surface area contributed by atoms with E-state index in [9.17, 15) is 10.1 Å². The van der Waals surface area contributed by atoms with Gasteiger partial charge in [0, 0.05) is 35.5 Å². The molecule has 0 aromatic heterocycles. The number of dihydropyridines is 1. The number of hydrogen-bond acceptors (Lipinski definition) is 4. The minimum absolute atomic E-state index is 0.0623. The number of nitriles is 1. The van der Waals surface area contributed by atoms with Gasteiger partial charge in [-0.2, -0.15) is 5.26 Å². The molecule has 1 heterocycles. The molecule has 0 fully saturated rings. The largest absolute Gasteiger partial charge is 0.358 e. The minimum atomic E-state index is -0.411. The summed E-state index contributed by atoms with van der Waals surface area (Å²) in [6, 6.07) is 8.65. The second-order valence-electron chi connectivity index (χ2n) is 4.48. The highest BCUT2D eigenvalue weighted by atomic mass is 16.6. The zero-order valence-electron chi connectivity index (χ0n) is 10.7. The maximum atomic E-state index is 10.8. The number of benzene rings is 1. The standard InChI is InChI=1S/C14H13N3O2/c1-9-6-12(8-15)10(2)16-14(9)11-4-3-5-13(7-11)17(18)19/h3-5,7,16H,6H2,1-2H3. The monoisotopic (exact) mass is 255 g/mol. The fourth-order valence-electron chi connectivity index (χ4n) is 2.07. The summed E-state index contributed by atoms with van der Waals surface area (Å²) in [5.74, 6) is 0. The van der Waals surface area contributed by atoms with Crippen LogP contribution in [0, 0.1) is 21.4 Å². The zero-order valence-corrected chi connectivity index (χ0v) is 10.7. The fraction of sp³-hybridized carbons (Fsp3) is 0.214. The first-order valence-corrected chi connectivity index (χ1v) is 5.84. The van der Waals surface area contributed by atoms with E-state index in [1.54, 1.807) is 6.07 Å². The highest BCUT2D eigenvalue weighted by Gasteiger charge is 2.17. The van der Waals surface area contributed by atoms with Gasteiger partial charge in [-0.25, -0.2) is 0 Å². The molecule has 5 heteroatoms. The van der Waals surface area contributed by atoms with Gasteiger partial charge in [0.15, 0.2) is 0 Å². The van der Waals surface area contributed by atoms with Gasteiger partial charge in [0.1, 0.15) is 0 Å². The molecule has 0 atom stereocenters. The van der Waals surface area contributed by atoms with E-state index < -0.39 is 4.92 Å². The van der Waals surface area contributed by atoms with E-state index in [2.05, 4.69) is 11.4 Å². The SMILES string of the molecule is CC1=C(c2cccc([N+](=O)[O-])c2)NC(C)=C(C#N)C1. The Kier molecular flexibility index (Phi) is 3.34. The molecule has 1 aromatic carbocycles. The third kappa shape index (κ3) is 2.47. The van der Waals surface area contributed by atoms with Gasteiger partial charge in [0.2, 0.25) is 0 Å². The van der Waals surface area contributed by atoms with Crippen molar-refractivity contribution in [3.63, 3.8) is 0 Å². The van der Waals surface area contributed by atoms with Crippen molar-refractivity contribution < 1.29 is 4.92 Å². The summed E-state index contributed by atoms with van der Waals surface area (Å²) in [4.78, 5) is 10.4. The van der Waals surface area contributed by atoms with Gasteiger partial charge < -0.3 is 5.32 Å². The third-order valence-electron chi connectivity index (χ3n) is 3.11. The van der Waals surface area contributed by atoms with Crippen LogP contribution < -0.4 is 5.32 Å². The Morgan fingerprint density at radius 2 is 2.16 bits per heavy atom. The second kappa shape index (κ2) is 4.94. The van der Waals surface area contributed by atoms with Crippen LogP contribution in [0.3, 0.4) is 0 Å². The van der Waals surface area contributed by atoms with Crippen LogP contribution in [0.15, 0.2) is 41.1 Å². The molecular weight excluding hydrogens is 242 g/mol. The van der Waals surface area contributed by atoms with Gasteiger partial charge in [-0.1, -0.05) is 12.1 Å². The van der Waals surface area contributed by atoms with Crippen molar-refractivity contribution in [3.8, 4) is 6.07 Å². The maximum absolute atomic E-state index is 10.8. The quantitative estimate of drug-likeness (QED) is 0.650. The molecule has 1 aliphatic heterocycles. The molecule has 0 unspecified atom stereocenters. The number of nitro benzene ring substituents is 1. The molecule has 96 valence electrons. The smallest absolute Gasteiger partial charge is 0.270 e. The van der Waals surface area contributed by atoms with Crippen molar-refractivity contribution in [2.45, 2.75) is 20.3 Å². The average molecular weight is 255 g/mol. The van der Waals surface area contributed by atoms with Crippen LogP contribution in [0.4, 0.5) is 5.69 Å². The highest BCUT2D eigenvalue weighted by Crippen LogP contribution is 2.29. The second-order valence-corrected chi connectivity index (χ2v) is 4.48. The van der Waals surface area contributed by atoms with Crippen LogP contribution in [0.25, 0.3) is 5.70 Å². The summed E-state index contributed by atoms with van der Waals surface area (Å²) in [6.07, 6.45) is 0.577. The van der Waals surface area contributed by atoms with Crippen molar-refractivity contribution in [2.75, 3.05) is 0 Å². The molecular formula is C14H13N3O2. The predicted molar refractivity (Wildman–Crippen MR) is 71.8 cm³/mol. The summed E-state index contributed by atoms with van der Waals surface area (Å²) >= 11 is 0. The van der Waals surface area contributed by atoms with Gasteiger partial charge in [-0.05, 0) is 19.4 Å². The van der Waals surface area contributed by atoms with Crippen LogP contribution in [0.1, 0.15) is 25.8 Å². The zero-order chi connectivity index (χ0) is 14.0. The topological polar surface area (TPSA) is 79.0 Å². The highest BCUT2D eigenvalue weighted by molar-refractivity contribution is 5.72. The van der Waals surface area contributed by atoms with Crippen molar-refractivity contribution >= 4 is 11.4 Å². The lowest BCUT2D eigenvalue weighted by molar-refractivity contribution is -0.384. The molecule has 0 saturated heterocycles. The number of nitrogens with zero attached hydrogens (tertiary/aromatic N) is 2. The first-order chi connectivity index (χ1) is 9.02. The number of nitro groups is 1. The molecule has 2 rings (SSSR count). The fourth-order valence-corrected chi connectivity index (χ4v) is 2.07. The van der Waals surface area contributed by atoms with Crippen LogP contribution in [-0.2, 0) is 0 Å². The van der Waals surface area contributed by atoms with Crippen molar-refractivity contribution in [1.82, 2.24) is 5.32 Å². The molecule has 0 amide bonds. The van der Waals surface area contributed by atoms with E-state index in [0.717, 1.165) is 22.5 Å². The molecule has 1 aromatic rings. The predicted octanol–water partition coefficient (Wildman–Crippen LogP) is 3.12. The number of hydrogen-bond donors (Lipinski definition) is 1. The Labute approximate surface area is 111 Å². The molecule has 5 nitrogen and oxygen atoms in total. The molecule has 1 N–H and O–H groups in total. The van der Waals surface area contributed by atoms with Gasteiger partial charge in [-0.15, -0.1) is 0 Å². The number of nitrogens with one attached hydrogen (secondary N) is 1. The number of rotatable bonds is 2. The molecule has 19 heavy (non-hydrogen) atoms. The van der Waals surface area contributed by atoms with Crippen LogP contribution >= 0.6 is 0 Å². The van der Waals surface area contributed by atoms with Crippen LogP contribution in [-0.4, -0.2) is 4.92 Å². The van der Waals surface area contributed by atoms with E-state index in [0.29, 0.717) is 12.0 Å². The first kappa shape index (κ1) is 12.8. The molecule has 0 bridgehead atoms. The van der Waals surface area contributed by atoms with Gasteiger partial charge in [0.25, 0.3) is 5.69 Å². The van der Waals surface area contributed by atoms with Crippen molar-refractivity contribution in [3.05, 3.63) is 56.8 Å². The van der Waals surface area contributed by atoms with E-state index in [1.165, 1.54) is 12.1 Å². The number of allylic oxidation sites excluding steroid dienone is 3. The normalized spacial score (nSPS) is 15.0. The van der Waals surface area contributed by atoms with E-state index in [4.69, 9.17) is 5.26 Å². The van der Waals surface area contributed by atoms with E-state index in [-0.39, 0.29) is 5.69 Å². The Balaban J connectivity index is 2.41. The van der Waals surface area contributed by atoms with Gasteiger partial charge >= 0.3 is 0 Å². The Morgan fingerprint density at radius 1 is 1.42 bits per heavy atom. The molecule has 1 aliphatic rings. The molecule has 0 saturated carbocycles.